The monoisotopic (exact) mass is 314 g/mol. The molecule has 1 rings (SSSR count). The van der Waals surface area contributed by atoms with Crippen LogP contribution in [0.25, 0.3) is 0 Å². The van der Waals surface area contributed by atoms with E-state index in [0.29, 0.717) is 13.2 Å². The molecule has 0 spiro atoms. The molecule has 1 atom stereocenters. The first-order valence-electron chi connectivity index (χ1n) is 6.59. The quantitative estimate of drug-likeness (QED) is 0.501. The Kier molecular flexibility index (Phi) is 8.31. The fraction of sp³-hybridized carbons (Fsp3) is 0.600. The summed E-state index contributed by atoms with van der Waals surface area (Å²) in [5, 5.41) is 0.811. The Morgan fingerprint density at radius 2 is 2.06 bits per heavy atom. The number of benzene rings is 1. The number of hydrogen-bond acceptors (Lipinski definition) is 2. The fourth-order valence-corrected chi connectivity index (χ4v) is 2.26. The summed E-state index contributed by atoms with van der Waals surface area (Å²) in [5.41, 5.74) is 2.49. The van der Waals surface area contributed by atoms with Crippen molar-refractivity contribution in [3.63, 3.8) is 0 Å². The average Bonchev–Trinajstić information content (AvgIpc) is 2.38. The van der Waals surface area contributed by atoms with E-state index in [0.717, 1.165) is 18.4 Å². The molecule has 0 amide bonds. The third-order valence-electron chi connectivity index (χ3n) is 2.74. The molecule has 3 heteroatoms. The average molecular weight is 315 g/mol. The zero-order chi connectivity index (χ0) is 13.2. The summed E-state index contributed by atoms with van der Waals surface area (Å²) < 4.78 is 11.3. The highest BCUT2D eigenvalue weighted by molar-refractivity contribution is 9.09. The number of halogens is 1. The van der Waals surface area contributed by atoms with E-state index in [9.17, 15) is 0 Å². The summed E-state index contributed by atoms with van der Waals surface area (Å²) >= 11 is 3.51. The summed E-state index contributed by atoms with van der Waals surface area (Å²) in [5.74, 6) is 0. The lowest BCUT2D eigenvalue weighted by Crippen LogP contribution is -2.11. The number of ether oxygens (including phenoxy) is 2. The summed E-state index contributed by atoms with van der Waals surface area (Å²) in [6, 6.07) is 8.45. The minimum atomic E-state index is 0.111. The van der Waals surface area contributed by atoms with E-state index < -0.39 is 0 Å². The molecule has 1 aromatic carbocycles. The van der Waals surface area contributed by atoms with E-state index in [1.54, 1.807) is 0 Å². The normalized spacial score (nSPS) is 12.6. The molecule has 102 valence electrons. The van der Waals surface area contributed by atoms with Crippen molar-refractivity contribution in [3.8, 4) is 0 Å². The lowest BCUT2D eigenvalue weighted by atomic mass is 10.1. The molecule has 0 heterocycles. The Morgan fingerprint density at radius 3 is 2.72 bits per heavy atom. The topological polar surface area (TPSA) is 18.5 Å². The second kappa shape index (κ2) is 9.54. The Balaban J connectivity index is 2.29. The maximum absolute atomic E-state index is 5.84. The van der Waals surface area contributed by atoms with Crippen LogP contribution >= 0.6 is 15.9 Å². The molecule has 0 aliphatic rings. The van der Waals surface area contributed by atoms with Crippen LogP contribution in [0.2, 0.25) is 0 Å². The fourth-order valence-electron chi connectivity index (χ4n) is 1.70. The van der Waals surface area contributed by atoms with Crippen molar-refractivity contribution in [2.75, 3.05) is 25.2 Å². The number of hydrogen-bond donors (Lipinski definition) is 0. The molecule has 0 aliphatic carbocycles. The molecule has 0 aromatic heterocycles. The van der Waals surface area contributed by atoms with Gasteiger partial charge in [-0.15, -0.1) is 0 Å². The molecule has 1 aromatic rings. The van der Waals surface area contributed by atoms with Gasteiger partial charge in [-0.1, -0.05) is 59.1 Å². The van der Waals surface area contributed by atoms with Crippen LogP contribution in [0.3, 0.4) is 0 Å². The minimum Gasteiger partial charge on any atom is -0.379 e. The molecule has 1 unspecified atom stereocenters. The van der Waals surface area contributed by atoms with Gasteiger partial charge in [0.15, 0.2) is 0 Å². The van der Waals surface area contributed by atoms with Crippen molar-refractivity contribution in [2.45, 2.75) is 32.8 Å². The summed E-state index contributed by atoms with van der Waals surface area (Å²) in [6.45, 7) is 6.42. The molecule has 18 heavy (non-hydrogen) atoms. The molecule has 2 nitrogen and oxygen atoms in total. The standard InChI is InChI=1S/C15H23BrO2/c1-3-4-8-17-9-10-18-15(12-16)14-7-5-6-13(2)11-14/h5-7,11,15H,3-4,8-10,12H2,1-2H3. The van der Waals surface area contributed by atoms with Gasteiger partial charge in [0.1, 0.15) is 0 Å². The molecular weight excluding hydrogens is 292 g/mol. The second-order valence-corrected chi connectivity index (χ2v) is 5.04. The molecular formula is C15H23BrO2. The van der Waals surface area contributed by atoms with Gasteiger partial charge in [-0.05, 0) is 18.9 Å². The SMILES string of the molecule is CCCCOCCOC(CBr)c1cccc(C)c1. The van der Waals surface area contributed by atoms with E-state index in [1.165, 1.54) is 17.5 Å². The van der Waals surface area contributed by atoms with Crippen molar-refractivity contribution in [3.05, 3.63) is 35.4 Å². The van der Waals surface area contributed by atoms with Crippen LogP contribution < -0.4 is 0 Å². The van der Waals surface area contributed by atoms with E-state index >= 15 is 0 Å². The van der Waals surface area contributed by atoms with Gasteiger partial charge in [0.25, 0.3) is 0 Å². The maximum Gasteiger partial charge on any atom is 0.0922 e. The minimum absolute atomic E-state index is 0.111. The largest absolute Gasteiger partial charge is 0.379 e. The molecule has 0 fully saturated rings. The first kappa shape index (κ1) is 15.7. The molecule has 0 aliphatic heterocycles. The van der Waals surface area contributed by atoms with Crippen LogP contribution in [0.1, 0.15) is 37.0 Å². The molecule has 0 saturated carbocycles. The van der Waals surface area contributed by atoms with Gasteiger partial charge >= 0.3 is 0 Å². The van der Waals surface area contributed by atoms with Crippen LogP contribution in [-0.4, -0.2) is 25.2 Å². The van der Waals surface area contributed by atoms with Crippen LogP contribution in [0, 0.1) is 6.92 Å². The van der Waals surface area contributed by atoms with Crippen LogP contribution in [-0.2, 0) is 9.47 Å². The van der Waals surface area contributed by atoms with Crippen LogP contribution in [0.4, 0.5) is 0 Å². The van der Waals surface area contributed by atoms with Crippen molar-refractivity contribution in [2.24, 2.45) is 0 Å². The number of unbranched alkanes of at least 4 members (excludes halogenated alkanes) is 1. The van der Waals surface area contributed by atoms with E-state index in [1.807, 2.05) is 0 Å². The lowest BCUT2D eigenvalue weighted by Gasteiger charge is -2.16. The third-order valence-corrected chi connectivity index (χ3v) is 3.33. The first-order valence-corrected chi connectivity index (χ1v) is 7.72. The third kappa shape index (κ3) is 5.98. The van der Waals surface area contributed by atoms with E-state index in [4.69, 9.17) is 9.47 Å². The Hall–Kier alpha value is -0.380. The van der Waals surface area contributed by atoms with Crippen molar-refractivity contribution in [1.29, 1.82) is 0 Å². The Bertz CT molecular complexity index is 328. The van der Waals surface area contributed by atoms with Gasteiger partial charge in [0.05, 0.1) is 19.3 Å². The van der Waals surface area contributed by atoms with Gasteiger partial charge in [-0.3, -0.25) is 0 Å². The van der Waals surface area contributed by atoms with Crippen molar-refractivity contribution < 1.29 is 9.47 Å². The highest BCUT2D eigenvalue weighted by Gasteiger charge is 2.10. The van der Waals surface area contributed by atoms with E-state index in [2.05, 4.69) is 54.0 Å². The van der Waals surface area contributed by atoms with Gasteiger partial charge in [-0.2, -0.15) is 0 Å². The van der Waals surface area contributed by atoms with Crippen LogP contribution in [0.5, 0.6) is 0 Å². The van der Waals surface area contributed by atoms with Gasteiger partial charge in [0, 0.05) is 11.9 Å². The lowest BCUT2D eigenvalue weighted by molar-refractivity contribution is 0.0133. The highest BCUT2D eigenvalue weighted by Crippen LogP contribution is 2.20. The van der Waals surface area contributed by atoms with E-state index in [-0.39, 0.29) is 6.10 Å². The molecule has 0 radical (unpaired) electrons. The van der Waals surface area contributed by atoms with Crippen molar-refractivity contribution in [1.82, 2.24) is 0 Å². The zero-order valence-electron chi connectivity index (χ0n) is 11.3. The summed E-state index contributed by atoms with van der Waals surface area (Å²) in [4.78, 5) is 0. The van der Waals surface area contributed by atoms with Crippen molar-refractivity contribution >= 4 is 15.9 Å². The number of rotatable bonds is 9. The molecule has 0 bridgehead atoms. The smallest absolute Gasteiger partial charge is 0.0922 e. The van der Waals surface area contributed by atoms with Gasteiger partial charge in [-0.25, -0.2) is 0 Å². The molecule has 0 saturated heterocycles. The zero-order valence-corrected chi connectivity index (χ0v) is 12.9. The second-order valence-electron chi connectivity index (χ2n) is 4.39. The summed E-state index contributed by atoms with van der Waals surface area (Å²) in [6.07, 6.45) is 2.41. The van der Waals surface area contributed by atoms with Crippen LogP contribution in [0.15, 0.2) is 24.3 Å². The Labute approximate surface area is 119 Å². The number of aryl methyl sites for hydroxylation is 1. The summed E-state index contributed by atoms with van der Waals surface area (Å²) in [7, 11) is 0. The van der Waals surface area contributed by atoms with Gasteiger partial charge in [0.2, 0.25) is 0 Å². The number of alkyl halides is 1. The molecule has 0 N–H and O–H groups in total. The first-order chi connectivity index (χ1) is 8.77. The predicted octanol–water partition coefficient (Wildman–Crippen LogP) is 4.26. The highest BCUT2D eigenvalue weighted by atomic mass is 79.9. The maximum atomic E-state index is 5.84. The Morgan fingerprint density at radius 1 is 1.22 bits per heavy atom. The predicted molar refractivity (Wildman–Crippen MR) is 79.4 cm³/mol. The van der Waals surface area contributed by atoms with Gasteiger partial charge < -0.3 is 9.47 Å².